The molecule has 15 heteroatoms. The highest BCUT2D eigenvalue weighted by Gasteiger charge is 2.39. The monoisotopic (exact) mass is 467 g/mol. The average molecular weight is 467 g/mol. The number of nitrogens with zero attached hydrogens (tertiary/aromatic N) is 8. The van der Waals surface area contributed by atoms with Crippen LogP contribution in [0.4, 0.5) is 32.3 Å². The summed E-state index contributed by atoms with van der Waals surface area (Å²) in [5.41, 5.74) is -3.57. The molecule has 0 aromatic carbocycles. The summed E-state index contributed by atoms with van der Waals surface area (Å²) in [5, 5.41) is 22.6. The van der Waals surface area contributed by atoms with Crippen molar-refractivity contribution in [2.45, 2.75) is 25.3 Å². The van der Waals surface area contributed by atoms with E-state index in [1.807, 2.05) is 6.07 Å². The van der Waals surface area contributed by atoms with E-state index in [1.54, 1.807) is 6.92 Å². The topological polar surface area (TPSA) is 110 Å². The zero-order valence-electron chi connectivity index (χ0n) is 16.4. The molecule has 4 aromatic heterocycles. The molecule has 170 valence electrons. The molecule has 4 heterocycles. The van der Waals surface area contributed by atoms with Gasteiger partial charge in [0.15, 0.2) is 17.3 Å². The number of pyridine rings is 2. The summed E-state index contributed by atoms with van der Waals surface area (Å²) in [6.45, 7) is 1.55. The van der Waals surface area contributed by atoms with Gasteiger partial charge in [-0.2, -0.15) is 41.4 Å². The first-order valence-corrected chi connectivity index (χ1v) is 9.05. The van der Waals surface area contributed by atoms with Crippen LogP contribution in [0.5, 0.6) is 0 Å². The first-order valence-electron chi connectivity index (χ1n) is 9.05. The van der Waals surface area contributed by atoms with Crippen molar-refractivity contribution < 1.29 is 26.3 Å². The van der Waals surface area contributed by atoms with Crippen molar-refractivity contribution in [1.29, 1.82) is 5.26 Å². The van der Waals surface area contributed by atoms with E-state index >= 15 is 0 Å². The zero-order valence-corrected chi connectivity index (χ0v) is 16.4. The van der Waals surface area contributed by atoms with Crippen molar-refractivity contribution in [3.05, 3.63) is 59.4 Å². The van der Waals surface area contributed by atoms with Gasteiger partial charge in [-0.25, -0.2) is 9.97 Å². The molecule has 0 aliphatic heterocycles. The van der Waals surface area contributed by atoms with Crippen LogP contribution in [0.25, 0.3) is 11.5 Å². The van der Waals surface area contributed by atoms with E-state index in [9.17, 15) is 26.3 Å². The number of nitriles is 1. The molecule has 0 amide bonds. The van der Waals surface area contributed by atoms with Gasteiger partial charge in [-0.3, -0.25) is 4.40 Å². The van der Waals surface area contributed by atoms with Crippen molar-refractivity contribution >= 4 is 11.6 Å². The van der Waals surface area contributed by atoms with Crippen molar-refractivity contribution in [3.8, 4) is 11.9 Å². The number of alkyl halides is 6. The van der Waals surface area contributed by atoms with Crippen LogP contribution in [0.1, 0.15) is 35.5 Å². The summed E-state index contributed by atoms with van der Waals surface area (Å²) in [5.74, 6) is 0.156. The first-order chi connectivity index (χ1) is 15.5. The van der Waals surface area contributed by atoms with Crippen molar-refractivity contribution in [2.24, 2.45) is 0 Å². The minimum atomic E-state index is -5.08. The van der Waals surface area contributed by atoms with Gasteiger partial charge in [-0.05, 0) is 25.1 Å². The highest BCUT2D eigenvalue weighted by molar-refractivity contribution is 5.55. The van der Waals surface area contributed by atoms with Gasteiger partial charge < -0.3 is 5.32 Å². The van der Waals surface area contributed by atoms with Gasteiger partial charge in [-0.15, -0.1) is 10.2 Å². The summed E-state index contributed by atoms with van der Waals surface area (Å²) in [6, 6.07) is 4.11. The third kappa shape index (κ3) is 4.14. The molecule has 0 unspecified atom stereocenters. The van der Waals surface area contributed by atoms with Gasteiger partial charge in [0.25, 0.3) is 0 Å². The lowest BCUT2D eigenvalue weighted by atomic mass is 10.2. The van der Waals surface area contributed by atoms with E-state index in [0.29, 0.717) is 22.0 Å². The summed E-state index contributed by atoms with van der Waals surface area (Å²) in [7, 11) is 0. The molecule has 1 N–H and O–H groups in total. The van der Waals surface area contributed by atoms with E-state index in [-0.39, 0.29) is 17.8 Å². The number of nitrogens with one attached hydrogen (secondary N) is 1. The van der Waals surface area contributed by atoms with Gasteiger partial charge in [0.2, 0.25) is 5.95 Å². The van der Waals surface area contributed by atoms with Gasteiger partial charge >= 0.3 is 12.4 Å². The Morgan fingerprint density at radius 1 is 1.06 bits per heavy atom. The molecule has 4 aromatic rings. The molecule has 0 aliphatic rings. The minimum Gasteiger partial charge on any atom is -0.344 e. The fraction of sp³-hybridized carbons (Fsp3) is 0.222. The van der Waals surface area contributed by atoms with Crippen LogP contribution >= 0.6 is 0 Å². The summed E-state index contributed by atoms with van der Waals surface area (Å²) in [4.78, 5) is 8.16. The molecule has 0 saturated carbocycles. The molecule has 0 fully saturated rings. The number of rotatable bonds is 4. The van der Waals surface area contributed by atoms with Gasteiger partial charge in [0.1, 0.15) is 18.0 Å². The van der Waals surface area contributed by atoms with Crippen molar-refractivity contribution in [3.63, 3.8) is 0 Å². The predicted octanol–water partition coefficient (Wildman–Crippen LogP) is 3.79. The maximum Gasteiger partial charge on any atom is 0.420 e. The predicted molar refractivity (Wildman–Crippen MR) is 98.9 cm³/mol. The van der Waals surface area contributed by atoms with Crippen LogP contribution in [0.3, 0.4) is 0 Å². The Balaban J connectivity index is 1.73. The van der Waals surface area contributed by atoms with Crippen LogP contribution < -0.4 is 5.32 Å². The zero-order chi connectivity index (χ0) is 24.0. The minimum absolute atomic E-state index is 0.00950. The average Bonchev–Trinajstić information content (AvgIpc) is 3.39. The standard InChI is InChI=1S/C18H11F6N9/c1-9(14-27-8-28-33(14)13-3-2-10(5-25)6-26-13)29-16-31-30-15-12(18(22,23)24)4-11(7-32(15)16)17(19,20)21/h2-4,6-9H,1H3,(H,29,31)/t9-/m0/s1. The Hall–Kier alpha value is -4.22. The third-order valence-electron chi connectivity index (χ3n) is 4.54. The maximum atomic E-state index is 13.4. The number of fused-ring (bicyclic) bond motifs is 1. The molecule has 0 saturated heterocycles. The van der Waals surface area contributed by atoms with Crippen LogP contribution in [-0.2, 0) is 12.4 Å². The Morgan fingerprint density at radius 3 is 2.42 bits per heavy atom. The molecule has 9 nitrogen and oxygen atoms in total. The summed E-state index contributed by atoms with van der Waals surface area (Å²) >= 11 is 0. The molecule has 0 aliphatic carbocycles. The number of hydrogen-bond acceptors (Lipinski definition) is 7. The molecule has 4 rings (SSSR count). The molecule has 33 heavy (non-hydrogen) atoms. The van der Waals surface area contributed by atoms with Crippen LogP contribution in [-0.4, -0.2) is 34.3 Å². The molecule has 0 spiro atoms. The fourth-order valence-electron chi connectivity index (χ4n) is 3.01. The van der Waals surface area contributed by atoms with Crippen LogP contribution in [0.2, 0.25) is 0 Å². The Labute approximate surface area is 180 Å². The van der Waals surface area contributed by atoms with Crippen molar-refractivity contribution in [1.82, 2.24) is 34.3 Å². The third-order valence-corrected chi connectivity index (χ3v) is 4.54. The normalized spacial score (nSPS) is 13.2. The number of aromatic nitrogens is 7. The SMILES string of the molecule is C[C@H](Nc1nnc2c(C(F)(F)F)cc(C(F)(F)F)cn12)c1ncnn1-c1ccc(C#N)cn1. The molecular formula is C18H11F6N9. The maximum absolute atomic E-state index is 13.4. The van der Waals surface area contributed by atoms with E-state index in [4.69, 9.17) is 5.26 Å². The lowest BCUT2D eigenvalue weighted by Crippen LogP contribution is -2.17. The second kappa shape index (κ2) is 7.73. The Morgan fingerprint density at radius 2 is 1.82 bits per heavy atom. The molecular weight excluding hydrogens is 456 g/mol. The fourth-order valence-corrected chi connectivity index (χ4v) is 3.01. The second-order valence-electron chi connectivity index (χ2n) is 6.77. The molecule has 0 radical (unpaired) electrons. The van der Waals surface area contributed by atoms with Crippen molar-refractivity contribution in [2.75, 3.05) is 5.32 Å². The van der Waals surface area contributed by atoms with Gasteiger partial charge in [0, 0.05) is 12.4 Å². The Kier molecular flexibility index (Phi) is 5.15. The number of anilines is 1. The lowest BCUT2D eigenvalue weighted by Gasteiger charge is -2.16. The van der Waals surface area contributed by atoms with E-state index in [1.165, 1.54) is 29.3 Å². The van der Waals surface area contributed by atoms with E-state index in [0.717, 1.165) is 0 Å². The highest BCUT2D eigenvalue weighted by atomic mass is 19.4. The van der Waals surface area contributed by atoms with E-state index < -0.39 is 35.2 Å². The number of halogens is 6. The van der Waals surface area contributed by atoms with Gasteiger partial charge in [0.05, 0.1) is 17.2 Å². The van der Waals surface area contributed by atoms with E-state index in [2.05, 4.69) is 30.6 Å². The smallest absolute Gasteiger partial charge is 0.344 e. The summed E-state index contributed by atoms with van der Waals surface area (Å²) < 4.78 is 81.6. The second-order valence-corrected chi connectivity index (χ2v) is 6.77. The van der Waals surface area contributed by atoms with Gasteiger partial charge in [-0.1, -0.05) is 0 Å². The molecule has 1 atom stereocenters. The van der Waals surface area contributed by atoms with Crippen LogP contribution in [0, 0.1) is 11.3 Å². The highest BCUT2D eigenvalue weighted by Crippen LogP contribution is 2.38. The molecule has 0 bridgehead atoms. The van der Waals surface area contributed by atoms with Crippen LogP contribution in [0.15, 0.2) is 36.9 Å². The number of hydrogen-bond donors (Lipinski definition) is 1. The first kappa shape index (κ1) is 22.0. The quantitative estimate of drug-likeness (QED) is 0.455. The Bertz CT molecular complexity index is 1350. The summed E-state index contributed by atoms with van der Waals surface area (Å²) in [6.07, 6.45) is -7.13. The largest absolute Gasteiger partial charge is 0.420 e. The lowest BCUT2D eigenvalue weighted by molar-refractivity contribution is -0.142.